The quantitative estimate of drug-likeness (QED) is 0.643. The summed E-state index contributed by atoms with van der Waals surface area (Å²) >= 11 is 0. The molecule has 0 heterocycles. The molecule has 1 atom stereocenters. The molecule has 0 aromatic heterocycles. The molecule has 0 aliphatic heterocycles. The first-order valence-electron chi connectivity index (χ1n) is 7.72. The number of nitrogens with zero attached hydrogens (tertiary/aromatic N) is 2. The van der Waals surface area contributed by atoms with Crippen molar-refractivity contribution in [3.63, 3.8) is 0 Å². The van der Waals surface area contributed by atoms with Gasteiger partial charge in [-0.2, -0.15) is 10.2 Å². The number of azo groups is 1. The van der Waals surface area contributed by atoms with Crippen LogP contribution in [-0.2, 0) is 4.74 Å². The van der Waals surface area contributed by atoms with Crippen LogP contribution >= 0.6 is 0 Å². The Labute approximate surface area is 141 Å². The molecule has 1 aliphatic rings. The molecule has 4 heteroatoms. The summed E-state index contributed by atoms with van der Waals surface area (Å²) < 4.78 is 5.50. The summed E-state index contributed by atoms with van der Waals surface area (Å²) in [6.07, 6.45) is 7.95. The number of anilines is 1. The van der Waals surface area contributed by atoms with Crippen LogP contribution < -0.4 is 5.73 Å². The van der Waals surface area contributed by atoms with E-state index in [9.17, 15) is 0 Å². The van der Waals surface area contributed by atoms with Gasteiger partial charge < -0.3 is 10.5 Å². The molecule has 4 nitrogen and oxygen atoms in total. The van der Waals surface area contributed by atoms with Gasteiger partial charge in [0, 0.05) is 11.3 Å². The molecule has 0 radical (unpaired) electrons. The lowest BCUT2D eigenvalue weighted by Crippen LogP contribution is -2.11. The molecule has 120 valence electrons. The summed E-state index contributed by atoms with van der Waals surface area (Å²) in [6.45, 7) is 0. The smallest absolute Gasteiger partial charge is 0.124 e. The average Bonchev–Trinajstić information content (AvgIpc) is 2.63. The molecule has 2 aromatic carbocycles. The van der Waals surface area contributed by atoms with Gasteiger partial charge in [-0.1, -0.05) is 42.5 Å². The highest BCUT2D eigenvalue weighted by Crippen LogP contribution is 2.27. The Morgan fingerprint density at radius 2 is 1.79 bits per heavy atom. The summed E-state index contributed by atoms with van der Waals surface area (Å²) in [7, 11) is 1.66. The van der Waals surface area contributed by atoms with Crippen LogP contribution in [0.25, 0.3) is 6.08 Å². The van der Waals surface area contributed by atoms with Gasteiger partial charge in [-0.3, -0.25) is 0 Å². The molecule has 0 fully saturated rings. The number of hydrogen-bond donors (Lipinski definition) is 1. The number of benzene rings is 2. The van der Waals surface area contributed by atoms with Gasteiger partial charge in [0.25, 0.3) is 0 Å². The SMILES string of the molecule is COC1=CC=CC(N=Nc2ccc(N)cc2)C1=Cc1ccccc1. The number of methoxy groups -OCH3 is 1. The largest absolute Gasteiger partial charge is 0.496 e. The van der Waals surface area contributed by atoms with Crippen LogP contribution in [0.2, 0.25) is 0 Å². The van der Waals surface area contributed by atoms with Gasteiger partial charge >= 0.3 is 0 Å². The average molecular weight is 317 g/mol. The predicted molar refractivity (Wildman–Crippen MR) is 97.8 cm³/mol. The lowest BCUT2D eigenvalue weighted by atomic mass is 9.98. The number of rotatable bonds is 4. The number of nitrogen functional groups attached to an aromatic ring is 1. The third-order valence-corrected chi connectivity index (χ3v) is 3.68. The van der Waals surface area contributed by atoms with E-state index in [0.29, 0.717) is 5.69 Å². The van der Waals surface area contributed by atoms with E-state index >= 15 is 0 Å². The van der Waals surface area contributed by atoms with Gasteiger partial charge in [0.15, 0.2) is 0 Å². The van der Waals surface area contributed by atoms with Crippen LogP contribution in [0.1, 0.15) is 5.56 Å². The van der Waals surface area contributed by atoms with E-state index in [0.717, 1.165) is 22.6 Å². The third-order valence-electron chi connectivity index (χ3n) is 3.68. The zero-order valence-corrected chi connectivity index (χ0v) is 13.5. The van der Waals surface area contributed by atoms with E-state index in [4.69, 9.17) is 10.5 Å². The Kier molecular flexibility index (Phi) is 4.87. The Hall–Kier alpha value is -3.14. The third kappa shape index (κ3) is 3.79. The molecular formula is C20H19N3O. The van der Waals surface area contributed by atoms with Crippen LogP contribution in [0.15, 0.2) is 94.4 Å². The maximum Gasteiger partial charge on any atom is 0.124 e. The zero-order chi connectivity index (χ0) is 16.8. The Morgan fingerprint density at radius 1 is 1.04 bits per heavy atom. The number of ether oxygens (including phenoxy) is 1. The molecule has 0 spiro atoms. The van der Waals surface area contributed by atoms with Crippen LogP contribution in [0.4, 0.5) is 11.4 Å². The maximum absolute atomic E-state index is 5.69. The highest BCUT2D eigenvalue weighted by Gasteiger charge is 2.18. The highest BCUT2D eigenvalue weighted by atomic mass is 16.5. The number of allylic oxidation sites excluding steroid dienone is 2. The van der Waals surface area contributed by atoms with Crippen LogP contribution in [0.3, 0.4) is 0 Å². The van der Waals surface area contributed by atoms with E-state index in [2.05, 4.69) is 16.3 Å². The van der Waals surface area contributed by atoms with Gasteiger partial charge in [-0.25, -0.2) is 0 Å². The van der Waals surface area contributed by atoms with E-state index in [1.807, 2.05) is 72.8 Å². The van der Waals surface area contributed by atoms with Crippen molar-refractivity contribution in [2.75, 3.05) is 12.8 Å². The fourth-order valence-electron chi connectivity index (χ4n) is 2.44. The molecule has 1 aliphatic carbocycles. The Balaban J connectivity index is 1.90. The first kappa shape index (κ1) is 15.7. The van der Waals surface area contributed by atoms with Crippen LogP contribution in [0.5, 0.6) is 0 Å². The van der Waals surface area contributed by atoms with Crippen molar-refractivity contribution < 1.29 is 4.74 Å². The molecule has 2 N–H and O–H groups in total. The van der Waals surface area contributed by atoms with Gasteiger partial charge in [0.2, 0.25) is 0 Å². The Morgan fingerprint density at radius 3 is 2.50 bits per heavy atom. The Bertz CT molecular complexity index is 803. The molecule has 0 bridgehead atoms. The molecule has 1 unspecified atom stereocenters. The summed E-state index contributed by atoms with van der Waals surface area (Å²) in [5, 5.41) is 8.79. The number of hydrogen-bond acceptors (Lipinski definition) is 4. The minimum absolute atomic E-state index is 0.192. The first-order chi connectivity index (χ1) is 11.8. The van der Waals surface area contributed by atoms with Crippen molar-refractivity contribution >= 4 is 17.5 Å². The molecule has 0 amide bonds. The predicted octanol–water partition coefficient (Wildman–Crippen LogP) is 4.90. The molecule has 2 aromatic rings. The first-order valence-corrected chi connectivity index (χ1v) is 7.72. The van der Waals surface area contributed by atoms with Gasteiger partial charge in [-0.15, -0.1) is 0 Å². The fourth-order valence-corrected chi connectivity index (χ4v) is 2.44. The van der Waals surface area contributed by atoms with Crippen molar-refractivity contribution in [1.29, 1.82) is 0 Å². The van der Waals surface area contributed by atoms with Crippen LogP contribution in [0, 0.1) is 0 Å². The van der Waals surface area contributed by atoms with Crippen molar-refractivity contribution in [3.8, 4) is 0 Å². The normalized spacial score (nSPS) is 18.8. The molecule has 0 saturated heterocycles. The standard InChI is InChI=1S/C20H19N3O/c1-24-20-9-5-8-19(18(20)14-15-6-3-2-4-7-15)23-22-17-12-10-16(21)11-13-17/h2-14,19H,21H2,1H3. The van der Waals surface area contributed by atoms with Gasteiger partial charge in [0.05, 0.1) is 12.8 Å². The van der Waals surface area contributed by atoms with Crippen molar-refractivity contribution in [3.05, 3.63) is 89.7 Å². The lowest BCUT2D eigenvalue weighted by Gasteiger charge is -2.18. The minimum atomic E-state index is -0.192. The molecule has 24 heavy (non-hydrogen) atoms. The summed E-state index contributed by atoms with van der Waals surface area (Å²) in [5.41, 5.74) is 9.24. The molecule has 3 rings (SSSR count). The lowest BCUT2D eigenvalue weighted by molar-refractivity contribution is 0.297. The second-order valence-corrected chi connectivity index (χ2v) is 5.38. The van der Waals surface area contributed by atoms with Crippen LogP contribution in [-0.4, -0.2) is 13.2 Å². The summed E-state index contributed by atoms with van der Waals surface area (Å²) in [5.74, 6) is 0.794. The highest BCUT2D eigenvalue weighted by molar-refractivity contribution is 5.61. The number of nitrogens with two attached hydrogens (primary N) is 1. The van der Waals surface area contributed by atoms with Gasteiger partial charge in [-0.05, 0) is 42.0 Å². The summed E-state index contributed by atoms with van der Waals surface area (Å²) in [4.78, 5) is 0. The monoisotopic (exact) mass is 317 g/mol. The topological polar surface area (TPSA) is 60.0 Å². The van der Waals surface area contributed by atoms with E-state index in [1.165, 1.54) is 0 Å². The van der Waals surface area contributed by atoms with Crippen molar-refractivity contribution in [2.24, 2.45) is 10.2 Å². The second-order valence-electron chi connectivity index (χ2n) is 5.38. The fraction of sp³-hybridized carbons (Fsp3) is 0.100. The second kappa shape index (κ2) is 7.42. The molecule has 0 saturated carbocycles. The molecular weight excluding hydrogens is 298 g/mol. The van der Waals surface area contributed by atoms with E-state index < -0.39 is 0 Å². The van der Waals surface area contributed by atoms with Crippen molar-refractivity contribution in [2.45, 2.75) is 6.04 Å². The van der Waals surface area contributed by atoms with Crippen molar-refractivity contribution in [1.82, 2.24) is 0 Å². The minimum Gasteiger partial charge on any atom is -0.496 e. The van der Waals surface area contributed by atoms with E-state index in [1.54, 1.807) is 7.11 Å². The maximum atomic E-state index is 5.69. The zero-order valence-electron chi connectivity index (χ0n) is 13.5. The summed E-state index contributed by atoms with van der Waals surface area (Å²) in [6, 6.07) is 17.2. The van der Waals surface area contributed by atoms with Gasteiger partial charge in [0.1, 0.15) is 11.8 Å². The van der Waals surface area contributed by atoms with E-state index in [-0.39, 0.29) is 6.04 Å².